The molecule has 2 rings (SSSR count). The van der Waals surface area contributed by atoms with Gasteiger partial charge in [-0.25, -0.2) is 4.90 Å². The van der Waals surface area contributed by atoms with Crippen LogP contribution >= 0.6 is 0 Å². The van der Waals surface area contributed by atoms with Gasteiger partial charge in [0, 0.05) is 17.4 Å². The maximum Gasteiger partial charge on any atom is 0.237 e. The van der Waals surface area contributed by atoms with Gasteiger partial charge in [0.15, 0.2) is 0 Å². The SMILES string of the molecule is CC(O)c1ccccc1N1C(=O)C(C)C(C)C1=O. The van der Waals surface area contributed by atoms with Gasteiger partial charge in [-0.2, -0.15) is 0 Å². The predicted octanol–water partition coefficient (Wildman–Crippen LogP) is 1.89. The van der Waals surface area contributed by atoms with Crippen molar-refractivity contribution in [3.63, 3.8) is 0 Å². The van der Waals surface area contributed by atoms with Gasteiger partial charge < -0.3 is 5.11 Å². The highest BCUT2D eigenvalue weighted by atomic mass is 16.3. The van der Waals surface area contributed by atoms with Gasteiger partial charge in [0.25, 0.3) is 0 Å². The fourth-order valence-electron chi connectivity index (χ4n) is 2.23. The lowest BCUT2D eigenvalue weighted by molar-refractivity contribution is -0.122. The number of benzene rings is 1. The summed E-state index contributed by atoms with van der Waals surface area (Å²) in [6.45, 7) is 5.14. The van der Waals surface area contributed by atoms with E-state index in [1.54, 1.807) is 45.0 Å². The Kier molecular flexibility index (Phi) is 3.22. The average Bonchev–Trinajstić information content (AvgIpc) is 2.54. The van der Waals surface area contributed by atoms with Gasteiger partial charge in [0.1, 0.15) is 0 Å². The average molecular weight is 247 g/mol. The summed E-state index contributed by atoms with van der Waals surface area (Å²) >= 11 is 0. The molecule has 2 amide bonds. The van der Waals surface area contributed by atoms with Crippen LogP contribution in [0.2, 0.25) is 0 Å². The van der Waals surface area contributed by atoms with Gasteiger partial charge in [-0.3, -0.25) is 9.59 Å². The van der Waals surface area contributed by atoms with Gasteiger partial charge in [-0.15, -0.1) is 0 Å². The third-order valence-electron chi connectivity index (χ3n) is 3.60. The maximum atomic E-state index is 12.1. The molecule has 0 radical (unpaired) electrons. The number of imide groups is 1. The van der Waals surface area contributed by atoms with Crippen LogP contribution in [0.15, 0.2) is 24.3 Å². The van der Waals surface area contributed by atoms with Gasteiger partial charge in [0.2, 0.25) is 11.8 Å². The van der Waals surface area contributed by atoms with Crippen LogP contribution in [0.5, 0.6) is 0 Å². The molecule has 1 aromatic carbocycles. The van der Waals surface area contributed by atoms with Gasteiger partial charge in [-0.1, -0.05) is 32.0 Å². The van der Waals surface area contributed by atoms with Crippen molar-refractivity contribution in [2.45, 2.75) is 26.9 Å². The Labute approximate surface area is 106 Å². The zero-order valence-electron chi connectivity index (χ0n) is 10.8. The van der Waals surface area contributed by atoms with E-state index in [0.29, 0.717) is 11.3 Å². The smallest absolute Gasteiger partial charge is 0.237 e. The summed E-state index contributed by atoms with van der Waals surface area (Å²) < 4.78 is 0. The van der Waals surface area contributed by atoms with Crippen molar-refractivity contribution in [1.82, 2.24) is 0 Å². The molecule has 1 saturated heterocycles. The predicted molar refractivity (Wildman–Crippen MR) is 67.9 cm³/mol. The van der Waals surface area contributed by atoms with Crippen LogP contribution in [0.3, 0.4) is 0 Å². The largest absolute Gasteiger partial charge is 0.389 e. The number of hydrogen-bond acceptors (Lipinski definition) is 3. The molecule has 1 heterocycles. The second-order valence-corrected chi connectivity index (χ2v) is 4.82. The second kappa shape index (κ2) is 4.53. The first-order valence-corrected chi connectivity index (χ1v) is 6.10. The Balaban J connectivity index is 2.50. The van der Waals surface area contributed by atoms with E-state index in [-0.39, 0.29) is 23.7 Å². The van der Waals surface area contributed by atoms with Crippen molar-refractivity contribution in [1.29, 1.82) is 0 Å². The molecule has 4 heteroatoms. The first kappa shape index (κ1) is 12.8. The molecule has 0 saturated carbocycles. The van der Waals surface area contributed by atoms with E-state index < -0.39 is 6.10 Å². The van der Waals surface area contributed by atoms with Gasteiger partial charge in [0.05, 0.1) is 11.8 Å². The fraction of sp³-hybridized carbons (Fsp3) is 0.429. The minimum Gasteiger partial charge on any atom is -0.389 e. The summed E-state index contributed by atoms with van der Waals surface area (Å²) in [6, 6.07) is 6.97. The first-order valence-electron chi connectivity index (χ1n) is 6.10. The molecule has 4 nitrogen and oxygen atoms in total. The Morgan fingerprint density at radius 1 is 1.11 bits per heavy atom. The highest BCUT2D eigenvalue weighted by Gasteiger charge is 2.43. The summed E-state index contributed by atoms with van der Waals surface area (Å²) in [6.07, 6.45) is -0.715. The second-order valence-electron chi connectivity index (χ2n) is 4.82. The zero-order valence-corrected chi connectivity index (χ0v) is 10.8. The van der Waals surface area contributed by atoms with E-state index in [1.807, 2.05) is 0 Å². The number of aliphatic hydroxyl groups is 1. The molecule has 1 aliphatic heterocycles. The molecule has 3 unspecified atom stereocenters. The number of carbonyl (C=O) groups excluding carboxylic acids is 2. The zero-order chi connectivity index (χ0) is 13.4. The van der Waals surface area contributed by atoms with Crippen molar-refractivity contribution < 1.29 is 14.7 Å². The van der Waals surface area contributed by atoms with Crippen LogP contribution in [-0.4, -0.2) is 16.9 Å². The van der Waals surface area contributed by atoms with E-state index in [4.69, 9.17) is 0 Å². The lowest BCUT2D eigenvalue weighted by Crippen LogP contribution is -2.31. The van der Waals surface area contributed by atoms with Crippen LogP contribution in [0.4, 0.5) is 5.69 Å². The van der Waals surface area contributed by atoms with Crippen LogP contribution < -0.4 is 4.90 Å². The highest BCUT2D eigenvalue weighted by Crippen LogP contribution is 2.34. The van der Waals surface area contributed by atoms with Crippen molar-refractivity contribution in [3.8, 4) is 0 Å². The number of para-hydroxylation sites is 1. The highest BCUT2D eigenvalue weighted by molar-refractivity contribution is 6.22. The first-order chi connectivity index (χ1) is 8.45. The third-order valence-corrected chi connectivity index (χ3v) is 3.60. The summed E-state index contributed by atoms with van der Waals surface area (Å²) in [7, 11) is 0. The molecule has 0 bridgehead atoms. The molecule has 1 fully saturated rings. The number of carbonyl (C=O) groups is 2. The van der Waals surface area contributed by atoms with Crippen LogP contribution in [-0.2, 0) is 9.59 Å². The molecule has 0 spiro atoms. The topological polar surface area (TPSA) is 57.6 Å². The summed E-state index contributed by atoms with van der Waals surface area (Å²) in [5.74, 6) is -1.000. The van der Waals surface area contributed by atoms with Crippen LogP contribution in [0.25, 0.3) is 0 Å². The molecule has 1 aliphatic rings. The third kappa shape index (κ3) is 1.82. The normalized spacial score (nSPS) is 25.7. The number of rotatable bonds is 2. The minimum atomic E-state index is -0.715. The lowest BCUT2D eigenvalue weighted by atomic mass is 10.00. The maximum absolute atomic E-state index is 12.1. The van der Waals surface area contributed by atoms with Crippen molar-refractivity contribution >= 4 is 17.5 Å². The molecule has 18 heavy (non-hydrogen) atoms. The Morgan fingerprint density at radius 2 is 1.61 bits per heavy atom. The Morgan fingerprint density at radius 3 is 2.11 bits per heavy atom. The van der Waals surface area contributed by atoms with E-state index in [1.165, 1.54) is 4.90 Å². The quantitative estimate of drug-likeness (QED) is 0.812. The van der Waals surface area contributed by atoms with E-state index in [9.17, 15) is 14.7 Å². The van der Waals surface area contributed by atoms with Crippen molar-refractivity contribution in [2.75, 3.05) is 4.90 Å². The van der Waals surface area contributed by atoms with Crippen molar-refractivity contribution in [2.24, 2.45) is 11.8 Å². The van der Waals surface area contributed by atoms with Crippen LogP contribution in [0.1, 0.15) is 32.4 Å². The summed E-state index contributed by atoms with van der Waals surface area (Å²) in [5.41, 5.74) is 1.10. The number of nitrogens with zero attached hydrogens (tertiary/aromatic N) is 1. The number of aliphatic hydroxyl groups excluding tert-OH is 1. The molecule has 0 aliphatic carbocycles. The number of hydrogen-bond donors (Lipinski definition) is 1. The lowest BCUT2D eigenvalue weighted by Gasteiger charge is -2.20. The summed E-state index contributed by atoms with van der Waals surface area (Å²) in [5, 5.41) is 9.72. The van der Waals surface area contributed by atoms with E-state index in [0.717, 1.165) is 0 Å². The molecular formula is C14H17NO3. The van der Waals surface area contributed by atoms with Gasteiger partial charge >= 0.3 is 0 Å². The standard InChI is InChI=1S/C14H17NO3/c1-8-9(2)14(18)15(13(8)17)12-7-5-4-6-11(12)10(3)16/h4-10,16H,1-3H3. The Hall–Kier alpha value is -1.68. The summed E-state index contributed by atoms with van der Waals surface area (Å²) in [4.78, 5) is 25.5. The molecule has 3 atom stereocenters. The molecule has 1 N–H and O–H groups in total. The molecule has 1 aromatic rings. The number of amides is 2. The van der Waals surface area contributed by atoms with Gasteiger partial charge in [-0.05, 0) is 13.0 Å². The Bertz CT molecular complexity index is 476. The monoisotopic (exact) mass is 247 g/mol. The molecular weight excluding hydrogens is 230 g/mol. The fourth-order valence-corrected chi connectivity index (χ4v) is 2.23. The van der Waals surface area contributed by atoms with E-state index in [2.05, 4.69) is 0 Å². The van der Waals surface area contributed by atoms with Crippen molar-refractivity contribution in [3.05, 3.63) is 29.8 Å². The van der Waals surface area contributed by atoms with E-state index >= 15 is 0 Å². The number of anilines is 1. The van der Waals surface area contributed by atoms with Crippen LogP contribution in [0, 0.1) is 11.8 Å². The minimum absolute atomic E-state index is 0.194. The molecule has 96 valence electrons. The molecule has 0 aromatic heterocycles.